The Balaban J connectivity index is 1.89. The standard InChI is InChI=1S/C29H27NO7/c1-4-15-37-23-10-6-7-19(17-23)26(31)24-25(18-11-13-22(35-2)14-12-18)30(28(33)27(24)32)21-9-5-8-20(16-21)29(34)36-3/h5-14,16-17,25,31H,4,15H2,1-3H3/b26-24+. The Morgan fingerprint density at radius 1 is 0.919 bits per heavy atom. The van der Waals surface area contributed by atoms with E-state index in [1.165, 1.54) is 25.2 Å². The first kappa shape index (κ1) is 25.5. The monoisotopic (exact) mass is 501 g/mol. The van der Waals surface area contributed by atoms with Crippen molar-refractivity contribution in [1.82, 2.24) is 0 Å². The fourth-order valence-corrected chi connectivity index (χ4v) is 4.21. The molecule has 0 aromatic heterocycles. The molecule has 1 heterocycles. The molecule has 8 heteroatoms. The lowest BCUT2D eigenvalue weighted by atomic mass is 9.95. The van der Waals surface area contributed by atoms with E-state index in [2.05, 4.69) is 0 Å². The Labute approximate surface area is 214 Å². The van der Waals surface area contributed by atoms with Gasteiger partial charge in [-0.25, -0.2) is 4.79 Å². The van der Waals surface area contributed by atoms with Gasteiger partial charge >= 0.3 is 5.97 Å². The van der Waals surface area contributed by atoms with E-state index in [-0.39, 0.29) is 16.9 Å². The Bertz CT molecular complexity index is 1360. The minimum absolute atomic E-state index is 0.0775. The molecular formula is C29H27NO7. The second-order valence-electron chi connectivity index (χ2n) is 8.36. The van der Waals surface area contributed by atoms with Crippen molar-refractivity contribution in [2.75, 3.05) is 25.7 Å². The highest BCUT2D eigenvalue weighted by atomic mass is 16.5. The molecule has 0 spiro atoms. The van der Waals surface area contributed by atoms with Crippen LogP contribution in [0.2, 0.25) is 0 Å². The zero-order chi connectivity index (χ0) is 26.5. The van der Waals surface area contributed by atoms with Gasteiger partial charge in [-0.15, -0.1) is 0 Å². The van der Waals surface area contributed by atoms with Crippen molar-refractivity contribution in [1.29, 1.82) is 0 Å². The predicted octanol–water partition coefficient (Wildman–Crippen LogP) is 4.90. The molecule has 0 radical (unpaired) electrons. The van der Waals surface area contributed by atoms with Crippen LogP contribution >= 0.6 is 0 Å². The molecule has 1 fully saturated rings. The molecule has 3 aromatic carbocycles. The molecule has 4 rings (SSSR count). The summed E-state index contributed by atoms with van der Waals surface area (Å²) in [6, 6.07) is 18.9. The number of hydrogen-bond acceptors (Lipinski definition) is 7. The summed E-state index contributed by atoms with van der Waals surface area (Å²) in [7, 11) is 2.80. The number of carbonyl (C=O) groups is 3. The van der Waals surface area contributed by atoms with Crippen LogP contribution < -0.4 is 14.4 Å². The minimum atomic E-state index is -0.959. The summed E-state index contributed by atoms with van der Waals surface area (Å²) in [4.78, 5) is 40.2. The van der Waals surface area contributed by atoms with Crippen LogP contribution in [-0.2, 0) is 14.3 Å². The molecule has 1 atom stereocenters. The van der Waals surface area contributed by atoms with Gasteiger partial charge in [-0.3, -0.25) is 14.5 Å². The first-order valence-corrected chi connectivity index (χ1v) is 11.8. The Morgan fingerprint density at radius 3 is 2.30 bits per heavy atom. The van der Waals surface area contributed by atoms with Crippen LogP contribution in [0.4, 0.5) is 5.69 Å². The quantitative estimate of drug-likeness (QED) is 0.203. The molecule has 1 saturated heterocycles. The third-order valence-corrected chi connectivity index (χ3v) is 6.00. The largest absolute Gasteiger partial charge is 0.507 e. The topological polar surface area (TPSA) is 102 Å². The highest BCUT2D eigenvalue weighted by molar-refractivity contribution is 6.51. The molecule has 1 aliphatic heterocycles. The summed E-state index contributed by atoms with van der Waals surface area (Å²) in [6.45, 7) is 2.48. The third-order valence-electron chi connectivity index (χ3n) is 6.00. The number of Topliss-reactive ketones (excluding diaryl/α,β-unsaturated/α-hetero) is 1. The first-order chi connectivity index (χ1) is 17.9. The fraction of sp³-hybridized carbons (Fsp3) is 0.207. The van der Waals surface area contributed by atoms with Crippen LogP contribution in [-0.4, -0.2) is 43.6 Å². The van der Waals surface area contributed by atoms with Gasteiger partial charge in [-0.05, 0) is 54.4 Å². The lowest BCUT2D eigenvalue weighted by molar-refractivity contribution is -0.132. The number of anilines is 1. The lowest BCUT2D eigenvalue weighted by Gasteiger charge is -2.26. The van der Waals surface area contributed by atoms with E-state index in [4.69, 9.17) is 14.2 Å². The van der Waals surface area contributed by atoms with Crippen molar-refractivity contribution in [3.8, 4) is 11.5 Å². The molecule has 1 amide bonds. The smallest absolute Gasteiger partial charge is 0.337 e. The Morgan fingerprint density at radius 2 is 1.62 bits per heavy atom. The van der Waals surface area contributed by atoms with Gasteiger partial charge in [-0.2, -0.15) is 0 Å². The van der Waals surface area contributed by atoms with Gasteiger partial charge < -0.3 is 19.3 Å². The average molecular weight is 502 g/mol. The SMILES string of the molecule is CCCOc1cccc(/C(O)=C2\C(=O)C(=O)N(c3cccc(C(=O)OC)c3)C2c2ccc(OC)cc2)c1. The number of nitrogens with zero attached hydrogens (tertiary/aromatic N) is 1. The number of hydrogen-bond donors (Lipinski definition) is 1. The van der Waals surface area contributed by atoms with Crippen molar-refractivity contribution in [3.63, 3.8) is 0 Å². The molecular weight excluding hydrogens is 474 g/mol. The zero-order valence-electron chi connectivity index (χ0n) is 20.8. The number of aliphatic hydroxyl groups is 1. The molecule has 0 aliphatic carbocycles. The summed E-state index contributed by atoms with van der Waals surface area (Å²) in [6.07, 6.45) is 0.809. The molecule has 1 aliphatic rings. The highest BCUT2D eigenvalue weighted by Crippen LogP contribution is 2.43. The number of methoxy groups -OCH3 is 2. The van der Waals surface area contributed by atoms with Gasteiger partial charge in [0, 0.05) is 11.3 Å². The fourth-order valence-electron chi connectivity index (χ4n) is 4.21. The molecule has 1 N–H and O–H groups in total. The minimum Gasteiger partial charge on any atom is -0.507 e. The van der Waals surface area contributed by atoms with Gasteiger partial charge in [0.05, 0.1) is 38.0 Å². The number of ketones is 1. The number of aliphatic hydroxyl groups excluding tert-OH is 1. The number of ether oxygens (including phenoxy) is 3. The summed E-state index contributed by atoms with van der Waals surface area (Å²) >= 11 is 0. The van der Waals surface area contributed by atoms with Crippen LogP contribution in [0.15, 0.2) is 78.4 Å². The summed E-state index contributed by atoms with van der Waals surface area (Å²) < 4.78 is 15.7. The van der Waals surface area contributed by atoms with Gasteiger partial charge in [0.25, 0.3) is 11.7 Å². The van der Waals surface area contributed by atoms with Gasteiger partial charge in [0.2, 0.25) is 0 Å². The third kappa shape index (κ3) is 5.04. The van der Waals surface area contributed by atoms with E-state index in [0.717, 1.165) is 6.42 Å². The van der Waals surface area contributed by atoms with E-state index >= 15 is 0 Å². The Hall–Kier alpha value is -4.59. The van der Waals surface area contributed by atoms with Crippen LogP contribution in [0.5, 0.6) is 11.5 Å². The zero-order valence-corrected chi connectivity index (χ0v) is 20.8. The maximum atomic E-state index is 13.4. The van der Waals surface area contributed by atoms with Crippen molar-refractivity contribution < 1.29 is 33.7 Å². The highest BCUT2D eigenvalue weighted by Gasteiger charge is 2.47. The van der Waals surface area contributed by atoms with E-state index in [9.17, 15) is 19.5 Å². The number of benzene rings is 3. The number of rotatable bonds is 8. The van der Waals surface area contributed by atoms with Gasteiger partial charge in [0.15, 0.2) is 0 Å². The van der Waals surface area contributed by atoms with Gasteiger partial charge in [0.1, 0.15) is 17.3 Å². The second-order valence-corrected chi connectivity index (χ2v) is 8.36. The summed E-state index contributed by atoms with van der Waals surface area (Å²) in [5, 5.41) is 11.4. The normalized spacial score (nSPS) is 16.5. The lowest BCUT2D eigenvalue weighted by Crippen LogP contribution is -2.29. The maximum Gasteiger partial charge on any atom is 0.337 e. The average Bonchev–Trinajstić information content (AvgIpc) is 3.21. The van der Waals surface area contributed by atoms with Crippen molar-refractivity contribution in [2.45, 2.75) is 19.4 Å². The van der Waals surface area contributed by atoms with E-state index in [1.807, 2.05) is 6.92 Å². The van der Waals surface area contributed by atoms with Crippen LogP contribution in [0.3, 0.4) is 0 Å². The number of esters is 1. The molecule has 8 nitrogen and oxygen atoms in total. The van der Waals surface area contributed by atoms with E-state index in [1.54, 1.807) is 66.7 Å². The molecule has 37 heavy (non-hydrogen) atoms. The molecule has 1 unspecified atom stereocenters. The molecule has 0 saturated carbocycles. The number of amides is 1. The predicted molar refractivity (Wildman–Crippen MR) is 138 cm³/mol. The van der Waals surface area contributed by atoms with Crippen LogP contribution in [0.1, 0.15) is 40.9 Å². The Kier molecular flexibility index (Phi) is 7.57. The van der Waals surface area contributed by atoms with Gasteiger partial charge in [-0.1, -0.05) is 37.3 Å². The molecule has 190 valence electrons. The molecule has 3 aromatic rings. The summed E-state index contributed by atoms with van der Waals surface area (Å²) in [5.41, 5.74) is 1.36. The summed E-state index contributed by atoms with van der Waals surface area (Å²) in [5.74, 6) is -1.46. The number of carbonyl (C=O) groups excluding carboxylic acids is 3. The first-order valence-electron chi connectivity index (χ1n) is 11.8. The second kappa shape index (κ2) is 11.0. The van der Waals surface area contributed by atoms with Crippen molar-refractivity contribution in [3.05, 3.63) is 95.1 Å². The maximum absolute atomic E-state index is 13.4. The molecule has 0 bridgehead atoms. The van der Waals surface area contributed by atoms with Crippen LogP contribution in [0.25, 0.3) is 5.76 Å². The van der Waals surface area contributed by atoms with Crippen molar-refractivity contribution >= 4 is 29.1 Å². The van der Waals surface area contributed by atoms with Crippen LogP contribution in [0, 0.1) is 0 Å². The van der Waals surface area contributed by atoms with E-state index in [0.29, 0.717) is 34.9 Å². The van der Waals surface area contributed by atoms with Crippen molar-refractivity contribution in [2.24, 2.45) is 0 Å². The van der Waals surface area contributed by atoms with E-state index < -0.39 is 23.7 Å².